The van der Waals surface area contributed by atoms with Gasteiger partial charge in [0.25, 0.3) is 0 Å². The summed E-state index contributed by atoms with van der Waals surface area (Å²) in [4.78, 5) is 25.0. The molecule has 0 spiro atoms. The largest absolute Gasteiger partial charge is 0.476 e. The molecule has 2 aromatic rings. The Kier molecular flexibility index (Phi) is 4.16. The van der Waals surface area contributed by atoms with Crippen LogP contribution in [0.3, 0.4) is 0 Å². The monoisotopic (exact) mass is 383 g/mol. The number of carboxylic acid groups (broad SMARTS) is 1. The number of fused-ring (bicyclic) bond motifs is 1. The second kappa shape index (κ2) is 6.39. The predicted octanol–water partition coefficient (Wildman–Crippen LogP) is 2.48. The Morgan fingerprint density at radius 1 is 1.07 bits per heavy atom. The second-order valence-electron chi connectivity index (χ2n) is 6.66. The lowest BCUT2D eigenvalue weighted by molar-refractivity contribution is -0.148. The summed E-state index contributed by atoms with van der Waals surface area (Å²) >= 11 is 0. The molecule has 2 atom stereocenters. The van der Waals surface area contributed by atoms with Crippen molar-refractivity contribution in [3.63, 3.8) is 0 Å². The first-order chi connectivity index (χ1) is 12.9. The van der Waals surface area contributed by atoms with E-state index in [0.717, 1.165) is 0 Å². The van der Waals surface area contributed by atoms with Gasteiger partial charge in [0.1, 0.15) is 5.76 Å². The molecular weight excluding hydrogens is 365 g/mol. The lowest BCUT2D eigenvalue weighted by Gasteiger charge is -2.36. The van der Waals surface area contributed by atoms with Crippen LogP contribution in [-0.4, -0.2) is 27.9 Å². The number of amides is 1. The number of carbonyl (C=O) groups excluding carboxylic acids is 1. The van der Waals surface area contributed by atoms with Gasteiger partial charge in [0, 0.05) is 12.3 Å². The average Bonchev–Trinajstić information content (AvgIpc) is 2.90. The molecule has 2 heterocycles. The van der Waals surface area contributed by atoms with Gasteiger partial charge in [-0.2, -0.15) is 0 Å². The Labute approximate surface area is 156 Å². The Balaban J connectivity index is 1.85. The van der Waals surface area contributed by atoms with Crippen molar-refractivity contribution in [2.45, 2.75) is 19.4 Å². The van der Waals surface area contributed by atoms with Crippen LogP contribution in [0.25, 0.3) is 0 Å². The van der Waals surface area contributed by atoms with E-state index in [2.05, 4.69) is 0 Å². The molecule has 1 unspecified atom stereocenters. The maximum absolute atomic E-state index is 14.0. The molecule has 1 fully saturated rings. The van der Waals surface area contributed by atoms with Crippen molar-refractivity contribution in [1.82, 2.24) is 4.90 Å². The van der Waals surface area contributed by atoms with Crippen LogP contribution >= 0.6 is 7.37 Å². The molecular formula is C20H18NO5P. The van der Waals surface area contributed by atoms with E-state index in [9.17, 15) is 19.3 Å². The molecule has 138 valence electrons. The van der Waals surface area contributed by atoms with Crippen LogP contribution in [0.15, 0.2) is 72.1 Å². The SMILES string of the molecule is CC1C(OP(=O)(c2ccccc2)c2ccccc2)=C(C(=O)O)N2C(=O)C[C@@H]12. The fourth-order valence-corrected chi connectivity index (χ4v) is 5.79. The molecule has 6 nitrogen and oxygen atoms in total. The van der Waals surface area contributed by atoms with Gasteiger partial charge in [-0.3, -0.25) is 14.3 Å². The van der Waals surface area contributed by atoms with Crippen molar-refractivity contribution in [1.29, 1.82) is 0 Å². The number of carboxylic acids is 1. The molecule has 0 aromatic heterocycles. The normalized spacial score (nSPS) is 21.7. The summed E-state index contributed by atoms with van der Waals surface area (Å²) in [6, 6.07) is 17.2. The maximum atomic E-state index is 14.0. The number of β-lactam (4-membered cyclic amide) rings is 1. The van der Waals surface area contributed by atoms with Crippen LogP contribution in [-0.2, 0) is 18.7 Å². The zero-order chi connectivity index (χ0) is 19.2. The van der Waals surface area contributed by atoms with Crippen molar-refractivity contribution >= 4 is 29.9 Å². The van der Waals surface area contributed by atoms with E-state index in [-0.39, 0.29) is 35.7 Å². The molecule has 0 aliphatic carbocycles. The summed E-state index contributed by atoms with van der Waals surface area (Å²) in [6.07, 6.45) is 0.270. The van der Waals surface area contributed by atoms with Gasteiger partial charge in [0.15, 0.2) is 5.70 Å². The summed E-state index contributed by atoms with van der Waals surface area (Å²) in [6.45, 7) is 1.80. The minimum absolute atomic E-state index is 0.106. The third-order valence-electron chi connectivity index (χ3n) is 5.07. The van der Waals surface area contributed by atoms with E-state index in [0.29, 0.717) is 10.6 Å². The van der Waals surface area contributed by atoms with Gasteiger partial charge in [0.2, 0.25) is 5.91 Å². The van der Waals surface area contributed by atoms with E-state index in [1.807, 2.05) is 12.1 Å². The van der Waals surface area contributed by atoms with Gasteiger partial charge in [-0.25, -0.2) is 4.79 Å². The van der Waals surface area contributed by atoms with E-state index in [1.165, 1.54) is 4.90 Å². The van der Waals surface area contributed by atoms with Gasteiger partial charge in [-0.15, -0.1) is 0 Å². The maximum Gasteiger partial charge on any atom is 0.356 e. The van der Waals surface area contributed by atoms with E-state index >= 15 is 0 Å². The molecule has 2 aliphatic rings. The Hall–Kier alpha value is -2.85. The number of benzene rings is 2. The highest BCUT2D eigenvalue weighted by Gasteiger charge is 2.54. The third-order valence-corrected chi connectivity index (χ3v) is 7.48. The highest BCUT2D eigenvalue weighted by Crippen LogP contribution is 2.53. The van der Waals surface area contributed by atoms with Gasteiger partial charge in [0.05, 0.1) is 16.7 Å². The third kappa shape index (κ3) is 2.68. The van der Waals surface area contributed by atoms with Crippen LogP contribution in [0.5, 0.6) is 0 Å². The molecule has 27 heavy (non-hydrogen) atoms. The van der Waals surface area contributed by atoms with E-state index in [1.54, 1.807) is 55.5 Å². The molecule has 0 bridgehead atoms. The Bertz CT molecular complexity index is 942. The van der Waals surface area contributed by atoms with Crippen LogP contribution < -0.4 is 10.6 Å². The van der Waals surface area contributed by atoms with Crippen molar-refractivity contribution in [3.8, 4) is 0 Å². The number of rotatable bonds is 5. The molecule has 0 radical (unpaired) electrons. The minimum Gasteiger partial charge on any atom is -0.476 e. The van der Waals surface area contributed by atoms with Gasteiger partial charge in [-0.05, 0) is 24.3 Å². The molecule has 2 aliphatic heterocycles. The zero-order valence-electron chi connectivity index (χ0n) is 14.6. The summed E-state index contributed by atoms with van der Waals surface area (Å²) in [5, 5.41) is 10.6. The van der Waals surface area contributed by atoms with Crippen LogP contribution in [0.1, 0.15) is 13.3 Å². The zero-order valence-corrected chi connectivity index (χ0v) is 15.5. The summed E-state index contributed by atoms with van der Waals surface area (Å²) in [7, 11) is -3.59. The van der Waals surface area contributed by atoms with Gasteiger partial charge >= 0.3 is 13.3 Å². The van der Waals surface area contributed by atoms with Crippen LogP contribution in [0.4, 0.5) is 0 Å². The van der Waals surface area contributed by atoms with Crippen molar-refractivity contribution in [2.24, 2.45) is 5.92 Å². The van der Waals surface area contributed by atoms with E-state index < -0.39 is 13.3 Å². The molecule has 7 heteroatoms. The first-order valence-electron chi connectivity index (χ1n) is 8.64. The standard InChI is InChI=1S/C20H18NO5P/c1-13-16-12-17(22)21(16)18(20(23)24)19(13)26-27(25,14-8-4-2-5-9-14)15-10-6-3-7-11-15/h2-11,13,16H,12H2,1H3,(H,23,24)/t13?,16-/m0/s1. The Morgan fingerprint density at radius 3 is 2.04 bits per heavy atom. The molecule has 1 amide bonds. The number of nitrogens with zero attached hydrogens (tertiary/aromatic N) is 1. The smallest absolute Gasteiger partial charge is 0.356 e. The molecule has 1 saturated heterocycles. The fourth-order valence-electron chi connectivity index (χ4n) is 3.62. The Morgan fingerprint density at radius 2 is 1.59 bits per heavy atom. The number of aliphatic carboxylic acids is 1. The summed E-state index contributed by atoms with van der Waals surface area (Å²) < 4.78 is 20.1. The highest BCUT2D eigenvalue weighted by molar-refractivity contribution is 7.74. The number of carbonyl (C=O) groups is 2. The van der Waals surface area contributed by atoms with E-state index in [4.69, 9.17) is 4.52 Å². The summed E-state index contributed by atoms with van der Waals surface area (Å²) in [5.74, 6) is -1.74. The van der Waals surface area contributed by atoms with Gasteiger partial charge < -0.3 is 9.63 Å². The van der Waals surface area contributed by atoms with Crippen LogP contribution in [0.2, 0.25) is 0 Å². The first kappa shape index (κ1) is 17.6. The first-order valence-corrected chi connectivity index (χ1v) is 10.3. The lowest BCUT2D eigenvalue weighted by atomic mass is 9.93. The quantitative estimate of drug-likeness (QED) is 0.634. The van der Waals surface area contributed by atoms with Crippen molar-refractivity contribution in [3.05, 3.63) is 72.1 Å². The number of hydrogen-bond acceptors (Lipinski definition) is 4. The second-order valence-corrected chi connectivity index (χ2v) is 8.97. The molecule has 1 N–H and O–H groups in total. The van der Waals surface area contributed by atoms with Crippen molar-refractivity contribution in [2.75, 3.05) is 0 Å². The average molecular weight is 383 g/mol. The summed E-state index contributed by atoms with van der Waals surface area (Å²) in [5.41, 5.74) is -0.198. The highest BCUT2D eigenvalue weighted by atomic mass is 31.2. The van der Waals surface area contributed by atoms with Gasteiger partial charge in [-0.1, -0.05) is 43.3 Å². The molecule has 2 aromatic carbocycles. The molecule has 0 saturated carbocycles. The number of hydrogen-bond donors (Lipinski definition) is 1. The lowest BCUT2D eigenvalue weighted by Crippen LogP contribution is -2.51. The molecule has 4 rings (SSSR count). The minimum atomic E-state index is -3.59. The van der Waals surface area contributed by atoms with Crippen LogP contribution in [0, 0.1) is 5.92 Å². The fraction of sp³-hybridized carbons (Fsp3) is 0.200. The predicted molar refractivity (Wildman–Crippen MR) is 99.9 cm³/mol. The van der Waals surface area contributed by atoms with Crippen molar-refractivity contribution < 1.29 is 23.8 Å². The topological polar surface area (TPSA) is 83.9 Å².